The molecule has 4 nitrogen and oxygen atoms in total. The first-order valence-electron chi connectivity index (χ1n) is 8.03. The molecule has 0 aromatic heterocycles. The average molecular weight is 293 g/mol. The van der Waals surface area contributed by atoms with Crippen molar-refractivity contribution < 1.29 is 14.6 Å². The Morgan fingerprint density at radius 1 is 1.19 bits per heavy atom. The largest absolute Gasteiger partial charge is 0.490 e. The van der Waals surface area contributed by atoms with E-state index in [-0.39, 0.29) is 6.10 Å². The average Bonchev–Trinajstić information content (AvgIpc) is 2.49. The number of hydrogen-bond acceptors (Lipinski definition) is 4. The van der Waals surface area contributed by atoms with E-state index in [4.69, 9.17) is 9.47 Å². The number of aliphatic hydroxyl groups is 1. The Balaban J connectivity index is 1.63. The fraction of sp³-hybridized carbons (Fsp3) is 0.647. The van der Waals surface area contributed by atoms with Crippen molar-refractivity contribution in [2.24, 2.45) is 5.92 Å². The van der Waals surface area contributed by atoms with E-state index in [2.05, 4.69) is 5.32 Å². The van der Waals surface area contributed by atoms with Crippen LogP contribution >= 0.6 is 0 Å². The molecule has 118 valence electrons. The summed E-state index contributed by atoms with van der Waals surface area (Å²) in [4.78, 5) is 0. The first kappa shape index (κ1) is 16.1. The Hall–Kier alpha value is -1.26. The van der Waals surface area contributed by atoms with Crippen molar-refractivity contribution in [2.75, 3.05) is 26.3 Å². The van der Waals surface area contributed by atoms with E-state index in [1.807, 2.05) is 31.2 Å². The molecule has 0 amide bonds. The molecule has 0 aliphatic heterocycles. The number of rotatable bonds is 8. The van der Waals surface area contributed by atoms with Crippen molar-refractivity contribution in [1.29, 1.82) is 0 Å². The number of ether oxygens (including phenoxy) is 2. The maximum atomic E-state index is 9.65. The van der Waals surface area contributed by atoms with E-state index in [1.54, 1.807) is 0 Å². The van der Waals surface area contributed by atoms with Crippen LogP contribution < -0.4 is 14.8 Å². The molecule has 1 fully saturated rings. The third-order valence-corrected chi connectivity index (χ3v) is 3.87. The first-order valence-corrected chi connectivity index (χ1v) is 8.03. The number of nitrogens with one attached hydrogen (secondary N) is 1. The van der Waals surface area contributed by atoms with Gasteiger partial charge in [0, 0.05) is 6.54 Å². The molecule has 2 rings (SSSR count). The van der Waals surface area contributed by atoms with Crippen LogP contribution in [-0.2, 0) is 0 Å². The predicted octanol–water partition coefficient (Wildman–Crippen LogP) is 2.60. The summed E-state index contributed by atoms with van der Waals surface area (Å²) < 4.78 is 11.3. The standard InChI is InChI=1S/C17H27NO3/c1-2-20-16-8-3-4-9-17(16)21-11-10-18-13-14-6-5-7-15(19)12-14/h3-4,8-9,14-15,18-19H,2,5-7,10-13H2,1H3. The summed E-state index contributed by atoms with van der Waals surface area (Å²) in [5.41, 5.74) is 0. The van der Waals surface area contributed by atoms with Crippen LogP contribution in [0.3, 0.4) is 0 Å². The van der Waals surface area contributed by atoms with Gasteiger partial charge >= 0.3 is 0 Å². The second-order valence-corrected chi connectivity index (χ2v) is 5.62. The second-order valence-electron chi connectivity index (χ2n) is 5.62. The lowest BCUT2D eigenvalue weighted by Gasteiger charge is -2.26. The van der Waals surface area contributed by atoms with Crippen molar-refractivity contribution in [3.63, 3.8) is 0 Å². The van der Waals surface area contributed by atoms with Crippen LogP contribution in [0.4, 0.5) is 0 Å². The minimum absolute atomic E-state index is 0.0973. The van der Waals surface area contributed by atoms with E-state index in [1.165, 1.54) is 6.42 Å². The highest BCUT2D eigenvalue weighted by atomic mass is 16.5. The zero-order valence-corrected chi connectivity index (χ0v) is 12.9. The van der Waals surface area contributed by atoms with Gasteiger partial charge < -0.3 is 19.9 Å². The highest BCUT2D eigenvalue weighted by Gasteiger charge is 2.19. The molecule has 0 bridgehead atoms. The Morgan fingerprint density at radius 3 is 2.67 bits per heavy atom. The highest BCUT2D eigenvalue weighted by molar-refractivity contribution is 5.39. The number of hydrogen-bond donors (Lipinski definition) is 2. The van der Waals surface area contributed by atoms with Gasteiger partial charge in [-0.2, -0.15) is 0 Å². The van der Waals surface area contributed by atoms with Gasteiger partial charge in [0.2, 0.25) is 0 Å². The molecule has 2 atom stereocenters. The lowest BCUT2D eigenvalue weighted by atomic mass is 9.87. The van der Waals surface area contributed by atoms with Crippen molar-refractivity contribution >= 4 is 0 Å². The molecule has 1 aromatic rings. The fourth-order valence-electron chi connectivity index (χ4n) is 2.83. The van der Waals surface area contributed by atoms with Crippen molar-refractivity contribution in [3.8, 4) is 11.5 Å². The third kappa shape index (κ3) is 5.56. The quantitative estimate of drug-likeness (QED) is 0.723. The Morgan fingerprint density at radius 2 is 1.95 bits per heavy atom. The van der Waals surface area contributed by atoms with E-state index >= 15 is 0 Å². The summed E-state index contributed by atoms with van der Waals surface area (Å²) in [7, 11) is 0. The molecule has 1 aromatic carbocycles. The van der Waals surface area contributed by atoms with Crippen LogP contribution in [0.5, 0.6) is 11.5 Å². The number of para-hydroxylation sites is 2. The summed E-state index contributed by atoms with van der Waals surface area (Å²) in [6.07, 6.45) is 4.17. The smallest absolute Gasteiger partial charge is 0.161 e. The van der Waals surface area contributed by atoms with Gasteiger partial charge in [-0.3, -0.25) is 0 Å². The highest BCUT2D eigenvalue weighted by Crippen LogP contribution is 2.26. The molecular weight excluding hydrogens is 266 g/mol. The van der Waals surface area contributed by atoms with Crippen LogP contribution in [0.2, 0.25) is 0 Å². The first-order chi connectivity index (χ1) is 10.3. The molecule has 2 unspecified atom stereocenters. The molecule has 1 aliphatic carbocycles. The molecule has 1 aliphatic rings. The molecule has 4 heteroatoms. The third-order valence-electron chi connectivity index (χ3n) is 3.87. The van der Waals surface area contributed by atoms with Crippen LogP contribution in [-0.4, -0.2) is 37.5 Å². The second kappa shape index (κ2) is 8.90. The number of aliphatic hydroxyl groups excluding tert-OH is 1. The molecule has 21 heavy (non-hydrogen) atoms. The summed E-state index contributed by atoms with van der Waals surface area (Å²) >= 11 is 0. The zero-order valence-electron chi connectivity index (χ0n) is 12.9. The van der Waals surface area contributed by atoms with Crippen molar-refractivity contribution in [1.82, 2.24) is 5.32 Å². The Bertz CT molecular complexity index is 411. The van der Waals surface area contributed by atoms with Gasteiger partial charge in [0.25, 0.3) is 0 Å². The molecule has 0 heterocycles. The SMILES string of the molecule is CCOc1ccccc1OCCNCC1CCCC(O)C1. The molecule has 0 saturated heterocycles. The van der Waals surface area contributed by atoms with Gasteiger partial charge in [0.05, 0.1) is 12.7 Å². The van der Waals surface area contributed by atoms with Gasteiger partial charge in [-0.05, 0) is 50.8 Å². The topological polar surface area (TPSA) is 50.7 Å². The predicted molar refractivity (Wildman–Crippen MR) is 83.9 cm³/mol. The minimum Gasteiger partial charge on any atom is -0.490 e. The van der Waals surface area contributed by atoms with Crippen LogP contribution in [0, 0.1) is 5.92 Å². The lowest BCUT2D eigenvalue weighted by molar-refractivity contribution is 0.100. The monoisotopic (exact) mass is 293 g/mol. The summed E-state index contributed by atoms with van der Waals surface area (Å²) in [6, 6.07) is 7.76. The maximum Gasteiger partial charge on any atom is 0.161 e. The molecule has 0 radical (unpaired) electrons. The van der Waals surface area contributed by atoms with Gasteiger partial charge in [-0.15, -0.1) is 0 Å². The Kier molecular flexibility index (Phi) is 6.83. The molecule has 1 saturated carbocycles. The Labute approximate surface area is 127 Å². The molecule has 2 N–H and O–H groups in total. The van der Waals surface area contributed by atoms with E-state index in [0.717, 1.165) is 43.9 Å². The van der Waals surface area contributed by atoms with E-state index < -0.39 is 0 Å². The van der Waals surface area contributed by atoms with Gasteiger partial charge in [0.15, 0.2) is 11.5 Å². The van der Waals surface area contributed by atoms with Crippen LogP contribution in [0.15, 0.2) is 24.3 Å². The minimum atomic E-state index is -0.0973. The zero-order chi connectivity index (χ0) is 14.9. The van der Waals surface area contributed by atoms with Crippen LogP contribution in [0.25, 0.3) is 0 Å². The lowest BCUT2D eigenvalue weighted by Crippen LogP contribution is -2.31. The maximum absolute atomic E-state index is 9.65. The van der Waals surface area contributed by atoms with Crippen LogP contribution in [0.1, 0.15) is 32.6 Å². The van der Waals surface area contributed by atoms with Gasteiger partial charge in [0.1, 0.15) is 6.61 Å². The van der Waals surface area contributed by atoms with E-state index in [0.29, 0.717) is 19.1 Å². The van der Waals surface area contributed by atoms with Gasteiger partial charge in [-0.25, -0.2) is 0 Å². The van der Waals surface area contributed by atoms with E-state index in [9.17, 15) is 5.11 Å². The van der Waals surface area contributed by atoms with Gasteiger partial charge in [-0.1, -0.05) is 18.6 Å². The molecular formula is C17H27NO3. The van der Waals surface area contributed by atoms with Crippen molar-refractivity contribution in [2.45, 2.75) is 38.7 Å². The fourth-order valence-corrected chi connectivity index (χ4v) is 2.83. The normalized spacial score (nSPS) is 22.0. The molecule has 0 spiro atoms. The van der Waals surface area contributed by atoms with Crippen molar-refractivity contribution in [3.05, 3.63) is 24.3 Å². The summed E-state index contributed by atoms with van der Waals surface area (Å²) in [6.45, 7) is 5.01. The summed E-state index contributed by atoms with van der Waals surface area (Å²) in [5, 5.41) is 13.1. The number of benzene rings is 1. The summed E-state index contributed by atoms with van der Waals surface area (Å²) in [5.74, 6) is 2.20.